The molecular formula is C25H31N5O6S. The summed E-state index contributed by atoms with van der Waals surface area (Å²) in [5.74, 6) is -0.307. The minimum Gasteiger partial charge on any atom is -0.379 e. The van der Waals surface area contributed by atoms with E-state index in [1.807, 2.05) is 6.07 Å². The second-order valence-electron chi connectivity index (χ2n) is 9.01. The first-order valence-electron chi connectivity index (χ1n) is 12.2. The number of aromatic nitrogens is 1. The minimum atomic E-state index is -3.75. The van der Waals surface area contributed by atoms with Crippen molar-refractivity contribution < 1.29 is 22.7 Å². The topological polar surface area (TPSA) is 145 Å². The molecule has 1 aromatic carbocycles. The highest BCUT2D eigenvalue weighted by Gasteiger charge is 2.28. The molecule has 1 amide bonds. The summed E-state index contributed by atoms with van der Waals surface area (Å²) in [7, 11) is -3.75. The van der Waals surface area contributed by atoms with Gasteiger partial charge in [0.2, 0.25) is 15.9 Å². The average Bonchev–Trinajstić information content (AvgIpc) is 2.89. The van der Waals surface area contributed by atoms with Crippen molar-refractivity contribution in [1.82, 2.24) is 9.29 Å². The maximum Gasteiger partial charge on any atom is 0.266 e. The smallest absolute Gasteiger partial charge is 0.266 e. The van der Waals surface area contributed by atoms with E-state index in [9.17, 15) is 23.3 Å². The predicted octanol–water partition coefficient (Wildman–Crippen LogP) is 1.29. The van der Waals surface area contributed by atoms with E-state index in [1.54, 1.807) is 26.0 Å². The summed E-state index contributed by atoms with van der Waals surface area (Å²) in [6, 6.07) is 6.73. The first-order valence-corrected chi connectivity index (χ1v) is 13.6. The lowest BCUT2D eigenvalue weighted by Crippen LogP contribution is -2.40. The zero-order valence-electron chi connectivity index (χ0n) is 21.0. The van der Waals surface area contributed by atoms with Crippen molar-refractivity contribution in [2.24, 2.45) is 0 Å². The molecule has 2 aliphatic rings. The maximum atomic E-state index is 13.3. The van der Waals surface area contributed by atoms with Gasteiger partial charge in [0.25, 0.3) is 5.56 Å². The van der Waals surface area contributed by atoms with E-state index >= 15 is 0 Å². The Hall–Kier alpha value is -3.24. The van der Waals surface area contributed by atoms with Gasteiger partial charge in [-0.05, 0) is 49.6 Å². The van der Waals surface area contributed by atoms with Crippen LogP contribution in [0.5, 0.6) is 0 Å². The number of benzene rings is 1. The molecule has 37 heavy (non-hydrogen) atoms. The highest BCUT2D eigenvalue weighted by atomic mass is 32.2. The Morgan fingerprint density at radius 2 is 1.76 bits per heavy atom. The van der Waals surface area contributed by atoms with Gasteiger partial charge in [0.05, 0.1) is 42.7 Å². The number of hydrogen-bond donors (Lipinski definition) is 2. The third-order valence-corrected chi connectivity index (χ3v) is 8.62. The first kappa shape index (κ1) is 26.8. The fraction of sp³-hybridized carbons (Fsp3) is 0.480. The Kier molecular flexibility index (Phi) is 8.29. The number of carbonyl (C=O) groups excluding carboxylic acids is 1. The maximum absolute atomic E-state index is 13.3. The van der Waals surface area contributed by atoms with Crippen molar-refractivity contribution in [2.75, 3.05) is 62.8 Å². The van der Waals surface area contributed by atoms with Crippen LogP contribution in [0.2, 0.25) is 0 Å². The number of aryl methyl sites for hydroxylation is 1. The SMILES string of the molecule is Cc1[nH]c(=O)c(C#N)c(C)c1CCC(=O)Nc1cc(S(=O)(=O)N2CCOCC2)ccc1N1CCOCC1. The van der Waals surface area contributed by atoms with E-state index in [0.29, 0.717) is 62.9 Å². The molecule has 3 heterocycles. The number of nitrogens with zero attached hydrogens (tertiary/aromatic N) is 3. The lowest BCUT2D eigenvalue weighted by Gasteiger charge is -2.31. The lowest BCUT2D eigenvalue weighted by molar-refractivity contribution is -0.116. The van der Waals surface area contributed by atoms with Gasteiger partial charge in [0.15, 0.2) is 0 Å². The van der Waals surface area contributed by atoms with Gasteiger partial charge < -0.3 is 24.7 Å². The number of hydrogen-bond acceptors (Lipinski definition) is 8. The molecule has 0 saturated carbocycles. The quantitative estimate of drug-likeness (QED) is 0.546. The second kappa shape index (κ2) is 11.4. The number of ether oxygens (including phenoxy) is 2. The molecule has 2 fully saturated rings. The van der Waals surface area contributed by atoms with Gasteiger partial charge in [-0.3, -0.25) is 9.59 Å². The standard InChI is InChI=1S/C25H31N5O6S/c1-17-20(18(2)27-25(32)21(17)16-26)4-6-24(31)28-22-15-19(37(33,34)30-9-13-36-14-10-30)3-5-23(22)29-7-11-35-12-8-29/h3,5,15H,4,6-14H2,1-2H3,(H,27,32)(H,28,31). The van der Waals surface area contributed by atoms with E-state index in [1.165, 1.54) is 10.4 Å². The fourth-order valence-corrected chi connectivity index (χ4v) is 6.10. The Morgan fingerprint density at radius 1 is 1.11 bits per heavy atom. The molecular weight excluding hydrogens is 498 g/mol. The van der Waals surface area contributed by atoms with E-state index in [2.05, 4.69) is 15.2 Å². The molecule has 2 aliphatic heterocycles. The monoisotopic (exact) mass is 529 g/mol. The van der Waals surface area contributed by atoms with Crippen LogP contribution >= 0.6 is 0 Å². The van der Waals surface area contributed by atoms with E-state index in [0.717, 1.165) is 11.3 Å². The van der Waals surface area contributed by atoms with Gasteiger partial charge in [0, 0.05) is 38.3 Å². The van der Waals surface area contributed by atoms with Gasteiger partial charge >= 0.3 is 0 Å². The van der Waals surface area contributed by atoms with Crippen LogP contribution in [0.4, 0.5) is 11.4 Å². The number of aromatic amines is 1. The average molecular weight is 530 g/mol. The van der Waals surface area contributed by atoms with Crippen molar-refractivity contribution in [2.45, 2.75) is 31.6 Å². The van der Waals surface area contributed by atoms with Crippen molar-refractivity contribution >= 4 is 27.3 Å². The van der Waals surface area contributed by atoms with Gasteiger partial charge in [-0.1, -0.05) is 0 Å². The molecule has 198 valence electrons. The van der Waals surface area contributed by atoms with E-state index < -0.39 is 15.6 Å². The summed E-state index contributed by atoms with van der Waals surface area (Å²) in [6.07, 6.45) is 0.398. The third-order valence-electron chi connectivity index (χ3n) is 6.72. The fourth-order valence-electron chi connectivity index (χ4n) is 4.66. The molecule has 0 unspecified atom stereocenters. The predicted molar refractivity (Wildman–Crippen MR) is 137 cm³/mol. The second-order valence-corrected chi connectivity index (χ2v) is 11.0. The van der Waals surface area contributed by atoms with Crippen LogP contribution < -0.4 is 15.8 Å². The number of anilines is 2. The van der Waals surface area contributed by atoms with Crippen LogP contribution in [-0.4, -0.2) is 76.2 Å². The van der Waals surface area contributed by atoms with Crippen LogP contribution in [0.3, 0.4) is 0 Å². The summed E-state index contributed by atoms with van der Waals surface area (Å²) >= 11 is 0. The van der Waals surface area contributed by atoms with Gasteiger partial charge in [-0.15, -0.1) is 0 Å². The number of carbonyl (C=O) groups is 1. The van der Waals surface area contributed by atoms with E-state index in [4.69, 9.17) is 9.47 Å². The van der Waals surface area contributed by atoms with Crippen LogP contribution in [0, 0.1) is 25.2 Å². The van der Waals surface area contributed by atoms with Crippen LogP contribution in [0.25, 0.3) is 0 Å². The van der Waals surface area contributed by atoms with Crippen molar-refractivity contribution in [3.8, 4) is 6.07 Å². The Morgan fingerprint density at radius 3 is 2.41 bits per heavy atom. The molecule has 4 rings (SSSR count). The van der Waals surface area contributed by atoms with Crippen LogP contribution in [-0.2, 0) is 30.7 Å². The number of rotatable bonds is 7. The van der Waals surface area contributed by atoms with Crippen LogP contribution in [0.1, 0.15) is 28.8 Å². The Labute approximate surface area is 216 Å². The number of amides is 1. The summed E-state index contributed by atoms with van der Waals surface area (Å²) in [5, 5.41) is 12.2. The highest BCUT2D eigenvalue weighted by molar-refractivity contribution is 7.89. The van der Waals surface area contributed by atoms with Gasteiger partial charge in [-0.2, -0.15) is 9.57 Å². The highest BCUT2D eigenvalue weighted by Crippen LogP contribution is 2.31. The summed E-state index contributed by atoms with van der Waals surface area (Å²) < 4.78 is 38.6. The van der Waals surface area contributed by atoms with Crippen molar-refractivity contribution in [1.29, 1.82) is 5.26 Å². The number of nitriles is 1. The Bertz CT molecular complexity index is 1370. The molecule has 0 spiro atoms. The lowest BCUT2D eigenvalue weighted by atomic mass is 9.99. The summed E-state index contributed by atoms with van der Waals surface area (Å²) in [5.41, 5.74) is 2.64. The number of nitrogens with one attached hydrogen (secondary N) is 2. The third kappa shape index (κ3) is 5.86. The van der Waals surface area contributed by atoms with Gasteiger partial charge in [0.1, 0.15) is 11.6 Å². The number of pyridine rings is 1. The largest absolute Gasteiger partial charge is 0.379 e. The summed E-state index contributed by atoms with van der Waals surface area (Å²) in [4.78, 5) is 29.9. The molecule has 2 N–H and O–H groups in total. The Balaban J connectivity index is 1.59. The number of sulfonamides is 1. The molecule has 2 aromatic rings. The molecule has 11 nitrogen and oxygen atoms in total. The normalized spacial score (nSPS) is 16.8. The summed E-state index contributed by atoms with van der Waals surface area (Å²) in [6.45, 7) is 6.97. The zero-order valence-corrected chi connectivity index (χ0v) is 21.8. The minimum absolute atomic E-state index is 0.0385. The van der Waals surface area contributed by atoms with Crippen molar-refractivity contribution in [3.05, 3.63) is 50.9 Å². The molecule has 0 aliphatic carbocycles. The molecule has 0 radical (unpaired) electrons. The molecule has 2 saturated heterocycles. The van der Waals surface area contributed by atoms with Gasteiger partial charge in [-0.25, -0.2) is 8.42 Å². The van der Waals surface area contributed by atoms with Crippen LogP contribution in [0.15, 0.2) is 27.9 Å². The zero-order chi connectivity index (χ0) is 26.6. The van der Waals surface area contributed by atoms with Crippen molar-refractivity contribution in [3.63, 3.8) is 0 Å². The molecule has 0 atom stereocenters. The number of H-pyrrole nitrogens is 1. The first-order chi connectivity index (χ1) is 17.7. The molecule has 12 heteroatoms. The molecule has 0 bridgehead atoms. The number of morpholine rings is 2. The molecule has 1 aromatic heterocycles. The van der Waals surface area contributed by atoms with E-state index in [-0.39, 0.29) is 35.9 Å².